The molecule has 0 unspecified atom stereocenters. The third-order valence-electron chi connectivity index (χ3n) is 5.88. The van der Waals surface area contributed by atoms with Gasteiger partial charge in [-0.2, -0.15) is 5.10 Å². The first-order chi connectivity index (χ1) is 15.1. The van der Waals surface area contributed by atoms with Crippen molar-refractivity contribution < 1.29 is 19.7 Å². The zero-order chi connectivity index (χ0) is 22.1. The lowest BCUT2D eigenvalue weighted by atomic mass is 10.1. The van der Waals surface area contributed by atoms with Crippen LogP contribution in [0.2, 0.25) is 0 Å². The smallest absolute Gasteiger partial charge is 0.122 e. The van der Waals surface area contributed by atoms with Crippen LogP contribution < -0.4 is 4.74 Å². The van der Waals surface area contributed by atoms with Crippen LogP contribution in [0.1, 0.15) is 43.0 Å². The SMILES string of the molecule is CCCn1ncc(CN2CCOc3ccccc3CCCOC[C@@H](O)[C@@H](O)CC2)c1C. The zero-order valence-electron chi connectivity index (χ0n) is 18.9. The fourth-order valence-corrected chi connectivity index (χ4v) is 3.91. The lowest BCUT2D eigenvalue weighted by Gasteiger charge is -2.25. The first-order valence-electron chi connectivity index (χ1n) is 11.5. The molecule has 1 aromatic heterocycles. The van der Waals surface area contributed by atoms with Crippen molar-refractivity contribution >= 4 is 0 Å². The van der Waals surface area contributed by atoms with E-state index in [1.54, 1.807) is 0 Å². The number of nitrogens with zero attached hydrogens (tertiary/aromatic N) is 3. The van der Waals surface area contributed by atoms with Crippen LogP contribution in [0.3, 0.4) is 0 Å². The van der Waals surface area contributed by atoms with Crippen molar-refractivity contribution in [3.05, 3.63) is 47.3 Å². The number of rotatable bonds is 4. The molecular weight excluding hydrogens is 394 g/mol. The molecule has 3 rings (SSSR count). The van der Waals surface area contributed by atoms with Gasteiger partial charge in [-0.3, -0.25) is 9.58 Å². The van der Waals surface area contributed by atoms with Crippen molar-refractivity contribution in [3.8, 4) is 5.75 Å². The summed E-state index contributed by atoms with van der Waals surface area (Å²) in [4.78, 5) is 2.26. The highest BCUT2D eigenvalue weighted by atomic mass is 16.5. The minimum atomic E-state index is -0.871. The van der Waals surface area contributed by atoms with Gasteiger partial charge < -0.3 is 19.7 Å². The molecule has 2 atom stereocenters. The van der Waals surface area contributed by atoms with Gasteiger partial charge in [0.05, 0.1) is 18.9 Å². The van der Waals surface area contributed by atoms with Gasteiger partial charge in [0.1, 0.15) is 18.5 Å². The molecule has 1 aliphatic heterocycles. The zero-order valence-corrected chi connectivity index (χ0v) is 18.9. The van der Waals surface area contributed by atoms with Gasteiger partial charge in [0.15, 0.2) is 0 Å². The van der Waals surface area contributed by atoms with Crippen molar-refractivity contribution in [3.63, 3.8) is 0 Å². The lowest BCUT2D eigenvalue weighted by Crippen LogP contribution is -2.36. The Morgan fingerprint density at radius 1 is 1.13 bits per heavy atom. The Morgan fingerprint density at radius 2 is 1.97 bits per heavy atom. The minimum absolute atomic E-state index is 0.155. The molecule has 0 spiro atoms. The summed E-state index contributed by atoms with van der Waals surface area (Å²) in [6, 6.07) is 8.14. The van der Waals surface area contributed by atoms with Crippen molar-refractivity contribution in [1.29, 1.82) is 0 Å². The average Bonchev–Trinajstić information content (AvgIpc) is 3.11. The summed E-state index contributed by atoms with van der Waals surface area (Å²) in [6.45, 7) is 8.55. The summed E-state index contributed by atoms with van der Waals surface area (Å²) in [6.07, 6.45) is 3.48. The molecule has 0 amide bonds. The van der Waals surface area contributed by atoms with Crippen molar-refractivity contribution in [2.75, 3.05) is 32.9 Å². The number of hydrogen-bond donors (Lipinski definition) is 2. The fraction of sp³-hybridized carbons (Fsp3) is 0.625. The van der Waals surface area contributed by atoms with Crippen molar-refractivity contribution in [2.45, 2.75) is 64.8 Å². The summed E-state index contributed by atoms with van der Waals surface area (Å²) in [7, 11) is 0. The molecule has 2 N–H and O–H groups in total. The van der Waals surface area contributed by atoms with E-state index < -0.39 is 12.2 Å². The Kier molecular flexibility index (Phi) is 9.33. The van der Waals surface area contributed by atoms with E-state index >= 15 is 0 Å². The van der Waals surface area contributed by atoms with Gasteiger partial charge in [-0.05, 0) is 44.2 Å². The molecule has 0 saturated carbocycles. The van der Waals surface area contributed by atoms with Gasteiger partial charge in [-0.15, -0.1) is 0 Å². The van der Waals surface area contributed by atoms with Gasteiger partial charge in [0.25, 0.3) is 0 Å². The monoisotopic (exact) mass is 431 g/mol. The van der Waals surface area contributed by atoms with Crippen LogP contribution in [0.4, 0.5) is 0 Å². The Morgan fingerprint density at radius 3 is 2.81 bits per heavy atom. The van der Waals surface area contributed by atoms with E-state index in [1.165, 1.54) is 16.8 Å². The molecule has 31 heavy (non-hydrogen) atoms. The van der Waals surface area contributed by atoms with Crippen LogP contribution in [0.5, 0.6) is 5.75 Å². The highest BCUT2D eigenvalue weighted by molar-refractivity contribution is 5.33. The summed E-state index contributed by atoms with van der Waals surface area (Å²) in [5.41, 5.74) is 3.54. The van der Waals surface area contributed by atoms with E-state index in [0.29, 0.717) is 26.2 Å². The van der Waals surface area contributed by atoms with E-state index in [0.717, 1.165) is 44.6 Å². The topological polar surface area (TPSA) is 80.0 Å². The van der Waals surface area contributed by atoms with Gasteiger partial charge in [0, 0.05) is 44.0 Å². The quantitative estimate of drug-likeness (QED) is 0.775. The molecule has 2 aromatic rings. The van der Waals surface area contributed by atoms with Crippen LogP contribution in [-0.4, -0.2) is 70.0 Å². The van der Waals surface area contributed by atoms with E-state index in [4.69, 9.17) is 9.47 Å². The molecule has 0 saturated heterocycles. The van der Waals surface area contributed by atoms with E-state index in [2.05, 4.69) is 29.9 Å². The van der Waals surface area contributed by atoms with Gasteiger partial charge in [-0.25, -0.2) is 0 Å². The number of aromatic nitrogens is 2. The van der Waals surface area contributed by atoms with Crippen LogP contribution in [-0.2, 0) is 24.2 Å². The minimum Gasteiger partial charge on any atom is -0.492 e. The maximum Gasteiger partial charge on any atom is 0.122 e. The molecule has 172 valence electrons. The van der Waals surface area contributed by atoms with Crippen molar-refractivity contribution in [1.82, 2.24) is 14.7 Å². The Hall–Kier alpha value is -1.93. The highest BCUT2D eigenvalue weighted by Crippen LogP contribution is 2.20. The fourth-order valence-electron chi connectivity index (χ4n) is 3.91. The number of para-hydroxylation sites is 1. The maximum absolute atomic E-state index is 10.4. The molecule has 1 aromatic carbocycles. The summed E-state index contributed by atoms with van der Waals surface area (Å²) >= 11 is 0. The number of hydrogen-bond acceptors (Lipinski definition) is 6. The molecule has 2 heterocycles. The predicted molar refractivity (Wildman–Crippen MR) is 120 cm³/mol. The molecule has 0 bridgehead atoms. The summed E-state index contributed by atoms with van der Waals surface area (Å²) in [5, 5.41) is 25.2. The number of ether oxygens (including phenoxy) is 2. The first kappa shape index (κ1) is 23.7. The Bertz CT molecular complexity index is 795. The largest absolute Gasteiger partial charge is 0.492 e. The van der Waals surface area contributed by atoms with Crippen LogP contribution >= 0.6 is 0 Å². The number of benzene rings is 1. The summed E-state index contributed by atoms with van der Waals surface area (Å²) in [5.74, 6) is 0.921. The third kappa shape index (κ3) is 7.04. The van der Waals surface area contributed by atoms with E-state index in [9.17, 15) is 10.2 Å². The van der Waals surface area contributed by atoms with E-state index in [-0.39, 0.29) is 6.61 Å². The average molecular weight is 432 g/mol. The van der Waals surface area contributed by atoms with Gasteiger partial charge >= 0.3 is 0 Å². The normalized spacial score (nSPS) is 22.2. The molecule has 0 radical (unpaired) electrons. The number of aryl methyl sites for hydroxylation is 2. The standard InChI is InChI=1S/C24H37N3O4/c1-3-11-27-19(2)21(16-25-27)17-26-12-10-22(28)23(29)18-30-14-6-8-20-7-4-5-9-24(20)31-15-13-26/h4-5,7,9,16,22-23,28-29H,3,6,8,10-15,17-18H2,1-2H3/t22-,23+/m0/s1. The van der Waals surface area contributed by atoms with Gasteiger partial charge in [-0.1, -0.05) is 25.1 Å². The maximum atomic E-state index is 10.4. The molecule has 7 heteroatoms. The lowest BCUT2D eigenvalue weighted by molar-refractivity contribution is -0.0437. The van der Waals surface area contributed by atoms with Crippen LogP contribution in [0, 0.1) is 6.92 Å². The molecule has 0 aliphatic carbocycles. The van der Waals surface area contributed by atoms with Crippen LogP contribution in [0.15, 0.2) is 30.5 Å². The van der Waals surface area contributed by atoms with Crippen LogP contribution in [0.25, 0.3) is 0 Å². The number of aliphatic hydroxyl groups excluding tert-OH is 2. The second-order valence-electron chi connectivity index (χ2n) is 8.31. The number of aliphatic hydroxyl groups is 2. The second-order valence-corrected chi connectivity index (χ2v) is 8.31. The molecular formula is C24H37N3O4. The Balaban J connectivity index is 1.71. The molecule has 1 aliphatic rings. The number of fused-ring (bicyclic) bond motifs is 1. The first-order valence-corrected chi connectivity index (χ1v) is 11.5. The van der Waals surface area contributed by atoms with E-state index in [1.807, 2.05) is 29.1 Å². The second kappa shape index (κ2) is 12.2. The highest BCUT2D eigenvalue weighted by Gasteiger charge is 2.19. The molecule has 0 fully saturated rings. The summed E-state index contributed by atoms with van der Waals surface area (Å²) < 4.78 is 13.8. The van der Waals surface area contributed by atoms with Crippen molar-refractivity contribution in [2.24, 2.45) is 0 Å². The third-order valence-corrected chi connectivity index (χ3v) is 5.88. The molecule has 7 nitrogen and oxygen atoms in total. The predicted octanol–water partition coefficient (Wildman–Crippen LogP) is 2.56. The van der Waals surface area contributed by atoms with Gasteiger partial charge in [0.2, 0.25) is 0 Å². The Labute approximate surface area is 185 Å².